The maximum Gasteiger partial charge on any atom is 0.307 e. The Kier molecular flexibility index (Phi) is 5.64. The molecule has 0 heterocycles. The van der Waals surface area contributed by atoms with Crippen LogP contribution >= 0.6 is 11.6 Å². The van der Waals surface area contributed by atoms with Crippen LogP contribution in [0.1, 0.15) is 23.7 Å². The summed E-state index contributed by atoms with van der Waals surface area (Å²) in [7, 11) is 2.85. The summed E-state index contributed by atoms with van der Waals surface area (Å²) in [4.78, 5) is 22.7. The third kappa shape index (κ3) is 4.03. The van der Waals surface area contributed by atoms with Crippen molar-refractivity contribution in [2.75, 3.05) is 25.2 Å². The van der Waals surface area contributed by atoms with E-state index in [0.717, 1.165) is 0 Å². The number of ether oxygens (including phenoxy) is 1. The largest absolute Gasteiger partial charge is 0.469 e. The number of carbonyl (C=O) groups excluding carboxylic acids is 2. The van der Waals surface area contributed by atoms with Gasteiger partial charge in [-0.25, -0.2) is 0 Å². The molecule has 0 radical (unpaired) electrons. The van der Waals surface area contributed by atoms with Gasteiger partial charge >= 0.3 is 5.97 Å². The minimum atomic E-state index is -0.323. The van der Waals surface area contributed by atoms with Crippen molar-refractivity contribution >= 4 is 34.9 Å². The van der Waals surface area contributed by atoms with Gasteiger partial charge in [0.05, 0.1) is 35.5 Å². The van der Waals surface area contributed by atoms with Gasteiger partial charge in [0.25, 0.3) is 5.91 Å². The molecule has 1 atom stereocenters. The zero-order chi connectivity index (χ0) is 15.3. The Morgan fingerprint density at radius 2 is 2.10 bits per heavy atom. The first-order valence-electron chi connectivity index (χ1n) is 6.03. The second-order valence-electron chi connectivity index (χ2n) is 4.32. The van der Waals surface area contributed by atoms with Crippen LogP contribution in [-0.4, -0.2) is 32.1 Å². The van der Waals surface area contributed by atoms with Gasteiger partial charge in [-0.2, -0.15) is 0 Å². The average molecular weight is 300 g/mol. The van der Waals surface area contributed by atoms with Crippen molar-refractivity contribution in [3.63, 3.8) is 0 Å². The number of nitrogen functional groups attached to an aromatic ring is 1. The fourth-order valence-electron chi connectivity index (χ4n) is 1.67. The summed E-state index contributed by atoms with van der Waals surface area (Å²) < 4.78 is 4.59. The van der Waals surface area contributed by atoms with Crippen molar-refractivity contribution in [3.8, 4) is 0 Å². The number of methoxy groups -OCH3 is 1. The molecule has 0 fully saturated rings. The van der Waals surface area contributed by atoms with Crippen LogP contribution in [0.5, 0.6) is 0 Å². The number of rotatable bonds is 5. The molecule has 7 heteroatoms. The first-order chi connectivity index (χ1) is 9.38. The van der Waals surface area contributed by atoms with Gasteiger partial charge in [0.1, 0.15) is 0 Å². The van der Waals surface area contributed by atoms with Gasteiger partial charge < -0.3 is 21.1 Å². The van der Waals surface area contributed by atoms with Crippen LogP contribution in [0.4, 0.5) is 11.4 Å². The molecule has 6 nitrogen and oxygen atoms in total. The highest BCUT2D eigenvalue weighted by molar-refractivity contribution is 6.34. The molecule has 0 aliphatic heterocycles. The van der Waals surface area contributed by atoms with Crippen LogP contribution in [0.25, 0.3) is 0 Å². The Morgan fingerprint density at radius 3 is 2.65 bits per heavy atom. The predicted molar refractivity (Wildman–Crippen MR) is 79.0 cm³/mol. The fourth-order valence-corrected chi connectivity index (χ4v) is 1.92. The molecular formula is C13H18ClN3O3. The number of benzene rings is 1. The van der Waals surface area contributed by atoms with E-state index >= 15 is 0 Å². The predicted octanol–water partition coefficient (Wildman–Crippen LogP) is 1.65. The van der Waals surface area contributed by atoms with Crippen LogP contribution in [0.2, 0.25) is 5.02 Å². The topological polar surface area (TPSA) is 93.5 Å². The number of carbonyl (C=O) groups is 2. The molecule has 1 aromatic carbocycles. The van der Waals surface area contributed by atoms with Gasteiger partial charge in [-0.1, -0.05) is 11.6 Å². The standard InChI is InChI=1S/C13H18ClN3O3/c1-7(4-12(18)20-3)17-11-6-9(14)8(5-10(11)15)13(19)16-2/h5-7,17H,4,15H2,1-3H3,(H,16,19). The number of nitrogens with two attached hydrogens (primary N) is 1. The van der Waals surface area contributed by atoms with Crippen molar-refractivity contribution in [2.24, 2.45) is 0 Å². The van der Waals surface area contributed by atoms with Crippen molar-refractivity contribution < 1.29 is 14.3 Å². The van der Waals surface area contributed by atoms with Gasteiger partial charge in [-0.05, 0) is 19.1 Å². The van der Waals surface area contributed by atoms with E-state index in [2.05, 4.69) is 15.4 Å². The highest BCUT2D eigenvalue weighted by Gasteiger charge is 2.15. The average Bonchev–Trinajstić information content (AvgIpc) is 2.41. The Bertz CT molecular complexity index is 520. The van der Waals surface area contributed by atoms with Gasteiger partial charge in [0, 0.05) is 13.1 Å². The van der Waals surface area contributed by atoms with Crippen LogP contribution in [-0.2, 0) is 9.53 Å². The molecule has 4 N–H and O–H groups in total. The summed E-state index contributed by atoms with van der Waals surface area (Å²) in [6.07, 6.45) is 0.199. The van der Waals surface area contributed by atoms with Gasteiger partial charge in [-0.3, -0.25) is 9.59 Å². The summed E-state index contributed by atoms with van der Waals surface area (Å²) in [6.45, 7) is 1.82. The summed E-state index contributed by atoms with van der Waals surface area (Å²) in [5.74, 6) is -0.632. The summed E-state index contributed by atoms with van der Waals surface area (Å²) in [5, 5.41) is 5.82. The van der Waals surface area contributed by atoms with E-state index in [1.165, 1.54) is 20.2 Å². The van der Waals surface area contributed by atoms with E-state index in [-0.39, 0.29) is 29.4 Å². The number of amides is 1. The first kappa shape index (κ1) is 16.1. The molecule has 0 spiro atoms. The molecule has 20 heavy (non-hydrogen) atoms. The number of hydrogen-bond acceptors (Lipinski definition) is 5. The van der Waals surface area contributed by atoms with E-state index < -0.39 is 0 Å². The third-order valence-electron chi connectivity index (χ3n) is 2.71. The molecule has 1 aromatic rings. The zero-order valence-corrected chi connectivity index (χ0v) is 12.4. The van der Waals surface area contributed by atoms with E-state index in [0.29, 0.717) is 16.9 Å². The molecule has 0 saturated carbocycles. The van der Waals surface area contributed by atoms with E-state index in [1.54, 1.807) is 6.07 Å². The highest BCUT2D eigenvalue weighted by Crippen LogP contribution is 2.28. The summed E-state index contributed by atoms with van der Waals surface area (Å²) in [6, 6.07) is 2.88. The smallest absolute Gasteiger partial charge is 0.307 e. The van der Waals surface area contributed by atoms with Gasteiger partial charge in [-0.15, -0.1) is 0 Å². The Labute approximate surface area is 122 Å². The molecular weight excluding hydrogens is 282 g/mol. The molecule has 110 valence electrons. The maximum absolute atomic E-state index is 11.6. The molecule has 1 unspecified atom stereocenters. The zero-order valence-electron chi connectivity index (χ0n) is 11.6. The second-order valence-corrected chi connectivity index (χ2v) is 4.73. The minimum absolute atomic E-state index is 0.174. The van der Waals surface area contributed by atoms with Gasteiger partial charge in [0.2, 0.25) is 0 Å². The minimum Gasteiger partial charge on any atom is -0.469 e. The van der Waals surface area contributed by atoms with Crippen molar-refractivity contribution in [2.45, 2.75) is 19.4 Å². The Balaban J connectivity index is 2.90. The third-order valence-corrected chi connectivity index (χ3v) is 3.03. The molecule has 0 aliphatic rings. The van der Waals surface area contributed by atoms with Gasteiger partial charge in [0.15, 0.2) is 0 Å². The molecule has 0 aliphatic carbocycles. The number of halogens is 1. The highest BCUT2D eigenvalue weighted by atomic mass is 35.5. The SMILES string of the molecule is CNC(=O)c1cc(N)c(NC(C)CC(=O)OC)cc1Cl. The maximum atomic E-state index is 11.6. The molecule has 1 rings (SSSR count). The number of hydrogen-bond donors (Lipinski definition) is 3. The first-order valence-corrected chi connectivity index (χ1v) is 6.41. The van der Waals surface area contributed by atoms with E-state index in [9.17, 15) is 9.59 Å². The lowest BCUT2D eigenvalue weighted by Gasteiger charge is -2.17. The van der Waals surface area contributed by atoms with Crippen LogP contribution in [0, 0.1) is 0 Å². The lowest BCUT2D eigenvalue weighted by Crippen LogP contribution is -2.22. The monoisotopic (exact) mass is 299 g/mol. The second kappa shape index (κ2) is 7.00. The van der Waals surface area contributed by atoms with E-state index in [4.69, 9.17) is 17.3 Å². The number of nitrogens with one attached hydrogen (secondary N) is 2. The summed E-state index contributed by atoms with van der Waals surface area (Å²) >= 11 is 6.04. The van der Waals surface area contributed by atoms with E-state index in [1.807, 2.05) is 6.92 Å². The normalized spacial score (nSPS) is 11.6. The fraction of sp³-hybridized carbons (Fsp3) is 0.385. The molecule has 0 bridgehead atoms. The molecule has 0 aromatic heterocycles. The lowest BCUT2D eigenvalue weighted by molar-refractivity contribution is -0.140. The van der Waals surface area contributed by atoms with Crippen molar-refractivity contribution in [1.29, 1.82) is 0 Å². The summed E-state index contributed by atoms with van der Waals surface area (Å²) in [5.41, 5.74) is 7.13. The van der Waals surface area contributed by atoms with Crippen molar-refractivity contribution in [1.82, 2.24) is 5.32 Å². The quantitative estimate of drug-likeness (QED) is 0.568. The van der Waals surface area contributed by atoms with Crippen LogP contribution in [0.15, 0.2) is 12.1 Å². The van der Waals surface area contributed by atoms with Crippen LogP contribution < -0.4 is 16.4 Å². The molecule has 0 saturated heterocycles. The van der Waals surface area contributed by atoms with Crippen molar-refractivity contribution in [3.05, 3.63) is 22.7 Å². The number of esters is 1. The Hall–Kier alpha value is -1.95. The lowest BCUT2D eigenvalue weighted by atomic mass is 10.1. The van der Waals surface area contributed by atoms with Crippen LogP contribution in [0.3, 0.4) is 0 Å². The molecule has 1 amide bonds. The Morgan fingerprint density at radius 1 is 1.45 bits per heavy atom. The number of anilines is 2.